The first-order valence-corrected chi connectivity index (χ1v) is 8.86. The van der Waals surface area contributed by atoms with Gasteiger partial charge in [-0.05, 0) is 30.7 Å². The van der Waals surface area contributed by atoms with Gasteiger partial charge in [0, 0.05) is 13.1 Å². The van der Waals surface area contributed by atoms with Gasteiger partial charge in [0.25, 0.3) is 5.91 Å². The average Bonchev–Trinajstić information content (AvgIpc) is 3.06. The Morgan fingerprint density at radius 1 is 1.20 bits per heavy atom. The van der Waals surface area contributed by atoms with Crippen LogP contribution in [0.1, 0.15) is 16.1 Å². The number of aromatic nitrogens is 3. The van der Waals surface area contributed by atoms with E-state index in [1.165, 1.54) is 11.3 Å². The van der Waals surface area contributed by atoms with E-state index in [1.54, 1.807) is 6.07 Å². The smallest absolute Gasteiger partial charge is 0.277 e. The van der Waals surface area contributed by atoms with Crippen LogP contribution in [0.4, 0.5) is 10.9 Å². The number of hydrogen-bond acceptors (Lipinski definition) is 7. The molecule has 7 nitrogen and oxygen atoms in total. The molecule has 0 atom stereocenters. The Labute approximate surface area is 148 Å². The molecule has 0 spiro atoms. The molecular formula is C17H17N5O2S. The molecule has 1 aliphatic heterocycles. The third kappa shape index (κ3) is 3.31. The largest absolute Gasteiger partial charge is 0.378 e. The second kappa shape index (κ2) is 6.73. The van der Waals surface area contributed by atoms with Gasteiger partial charge in [-0.15, -0.1) is 10.2 Å². The van der Waals surface area contributed by atoms with Crippen LogP contribution >= 0.6 is 11.3 Å². The average molecular weight is 355 g/mol. The number of morpholine rings is 1. The maximum Gasteiger partial charge on any atom is 0.277 e. The molecular weight excluding hydrogens is 338 g/mol. The molecule has 128 valence electrons. The first kappa shape index (κ1) is 15.9. The lowest BCUT2D eigenvalue weighted by molar-refractivity contribution is 0.102. The summed E-state index contributed by atoms with van der Waals surface area (Å²) in [4.78, 5) is 19.0. The van der Waals surface area contributed by atoms with Crippen molar-refractivity contribution >= 4 is 38.4 Å². The van der Waals surface area contributed by atoms with Gasteiger partial charge in [-0.1, -0.05) is 23.5 Å². The standard InChI is InChI=1S/C17H17N5O2S/c1-11-3-2-4-13-15(11)18-17(25-13)19-16(23)12-5-6-14(21-20-12)22-7-9-24-10-8-22/h2-6H,7-10H2,1H3,(H,18,19,23). The van der Waals surface area contributed by atoms with Crippen LogP contribution in [0.5, 0.6) is 0 Å². The van der Waals surface area contributed by atoms with Crippen molar-refractivity contribution in [1.29, 1.82) is 0 Å². The van der Waals surface area contributed by atoms with Crippen molar-refractivity contribution in [1.82, 2.24) is 15.2 Å². The number of rotatable bonds is 3. The molecule has 0 radical (unpaired) electrons. The van der Waals surface area contributed by atoms with E-state index >= 15 is 0 Å². The van der Waals surface area contributed by atoms with Gasteiger partial charge in [0.2, 0.25) is 0 Å². The third-order valence-electron chi connectivity index (χ3n) is 4.06. The van der Waals surface area contributed by atoms with Crippen LogP contribution in [0.2, 0.25) is 0 Å². The molecule has 0 aliphatic carbocycles. The van der Waals surface area contributed by atoms with Crippen molar-refractivity contribution in [2.24, 2.45) is 0 Å². The predicted molar refractivity (Wildman–Crippen MR) is 97.4 cm³/mol. The molecule has 1 saturated heterocycles. The van der Waals surface area contributed by atoms with E-state index in [4.69, 9.17) is 4.74 Å². The minimum Gasteiger partial charge on any atom is -0.378 e. The maximum atomic E-state index is 12.4. The van der Waals surface area contributed by atoms with Gasteiger partial charge in [-0.25, -0.2) is 4.98 Å². The van der Waals surface area contributed by atoms with Crippen LogP contribution in [0, 0.1) is 6.92 Å². The number of anilines is 2. The molecule has 0 saturated carbocycles. The van der Waals surface area contributed by atoms with Gasteiger partial charge in [0.05, 0.1) is 23.4 Å². The van der Waals surface area contributed by atoms with E-state index in [2.05, 4.69) is 25.4 Å². The molecule has 2 aromatic heterocycles. The van der Waals surface area contributed by atoms with Crippen molar-refractivity contribution in [3.8, 4) is 0 Å². The number of amides is 1. The van der Waals surface area contributed by atoms with Gasteiger partial charge in [-0.3, -0.25) is 10.1 Å². The summed E-state index contributed by atoms with van der Waals surface area (Å²) in [6.45, 7) is 4.93. The number of ether oxygens (including phenoxy) is 1. The number of nitrogens with one attached hydrogen (secondary N) is 1. The number of carbonyl (C=O) groups is 1. The first-order chi connectivity index (χ1) is 12.2. The molecule has 4 rings (SSSR count). The molecule has 8 heteroatoms. The fraction of sp³-hybridized carbons (Fsp3) is 0.294. The van der Waals surface area contributed by atoms with E-state index in [-0.39, 0.29) is 11.6 Å². The lowest BCUT2D eigenvalue weighted by Gasteiger charge is -2.27. The summed E-state index contributed by atoms with van der Waals surface area (Å²) >= 11 is 1.45. The van der Waals surface area contributed by atoms with E-state index in [0.717, 1.165) is 34.7 Å². The first-order valence-electron chi connectivity index (χ1n) is 8.04. The number of benzene rings is 1. The molecule has 1 N–H and O–H groups in total. The molecule has 3 aromatic rings. The molecule has 25 heavy (non-hydrogen) atoms. The molecule has 3 heterocycles. The van der Waals surface area contributed by atoms with E-state index < -0.39 is 0 Å². The summed E-state index contributed by atoms with van der Waals surface area (Å²) in [5.74, 6) is 0.452. The Hall–Kier alpha value is -2.58. The quantitative estimate of drug-likeness (QED) is 0.777. The Balaban J connectivity index is 1.49. The van der Waals surface area contributed by atoms with Crippen molar-refractivity contribution < 1.29 is 9.53 Å². The number of carbonyl (C=O) groups excluding carboxylic acids is 1. The van der Waals surface area contributed by atoms with E-state index in [0.29, 0.717) is 18.3 Å². The zero-order valence-corrected chi connectivity index (χ0v) is 14.5. The number of nitrogens with zero attached hydrogens (tertiary/aromatic N) is 4. The SMILES string of the molecule is Cc1cccc2sc(NC(=O)c3ccc(N4CCOCC4)nn3)nc12. The highest BCUT2D eigenvalue weighted by Gasteiger charge is 2.16. The summed E-state index contributed by atoms with van der Waals surface area (Å²) in [6, 6.07) is 9.48. The number of aryl methyl sites for hydroxylation is 1. The summed E-state index contributed by atoms with van der Waals surface area (Å²) in [6.07, 6.45) is 0. The van der Waals surface area contributed by atoms with Gasteiger partial charge < -0.3 is 9.64 Å². The highest BCUT2D eigenvalue weighted by atomic mass is 32.1. The second-order valence-corrected chi connectivity index (χ2v) is 6.80. The number of fused-ring (bicyclic) bond motifs is 1. The highest BCUT2D eigenvalue weighted by molar-refractivity contribution is 7.22. The van der Waals surface area contributed by atoms with Crippen molar-refractivity contribution in [2.45, 2.75) is 6.92 Å². The fourth-order valence-electron chi connectivity index (χ4n) is 2.71. The van der Waals surface area contributed by atoms with Gasteiger partial charge >= 0.3 is 0 Å². The van der Waals surface area contributed by atoms with Crippen LogP contribution in [0.15, 0.2) is 30.3 Å². The summed E-state index contributed by atoms with van der Waals surface area (Å²) in [5, 5.41) is 11.6. The van der Waals surface area contributed by atoms with Crippen molar-refractivity contribution in [3.05, 3.63) is 41.6 Å². The Bertz CT molecular complexity index is 903. The Kier molecular flexibility index (Phi) is 4.29. The minimum absolute atomic E-state index is 0.271. The second-order valence-electron chi connectivity index (χ2n) is 5.77. The highest BCUT2D eigenvalue weighted by Crippen LogP contribution is 2.28. The Morgan fingerprint density at radius 2 is 2.04 bits per heavy atom. The molecule has 1 amide bonds. The lowest BCUT2D eigenvalue weighted by Crippen LogP contribution is -2.37. The topological polar surface area (TPSA) is 80.2 Å². The third-order valence-corrected chi connectivity index (χ3v) is 5.00. The summed E-state index contributed by atoms with van der Waals surface area (Å²) in [5.41, 5.74) is 2.27. The normalized spacial score (nSPS) is 14.7. The van der Waals surface area contributed by atoms with Crippen LogP contribution in [-0.2, 0) is 4.74 Å². The lowest BCUT2D eigenvalue weighted by atomic mass is 10.2. The van der Waals surface area contributed by atoms with Crippen LogP contribution in [0.3, 0.4) is 0 Å². The molecule has 0 bridgehead atoms. The molecule has 1 fully saturated rings. The predicted octanol–water partition coefficient (Wildman–Crippen LogP) is 2.48. The molecule has 0 unspecified atom stereocenters. The number of thiazole rings is 1. The van der Waals surface area contributed by atoms with Gasteiger partial charge in [-0.2, -0.15) is 0 Å². The minimum atomic E-state index is -0.308. The van der Waals surface area contributed by atoms with Crippen LogP contribution < -0.4 is 10.2 Å². The zero-order chi connectivity index (χ0) is 17.2. The van der Waals surface area contributed by atoms with Crippen molar-refractivity contribution in [3.63, 3.8) is 0 Å². The maximum absolute atomic E-state index is 12.4. The summed E-state index contributed by atoms with van der Waals surface area (Å²) < 4.78 is 6.37. The zero-order valence-electron chi connectivity index (χ0n) is 13.7. The van der Waals surface area contributed by atoms with Gasteiger partial charge in [0.1, 0.15) is 0 Å². The van der Waals surface area contributed by atoms with Gasteiger partial charge in [0.15, 0.2) is 16.6 Å². The Morgan fingerprint density at radius 3 is 2.76 bits per heavy atom. The van der Waals surface area contributed by atoms with Crippen LogP contribution in [0.25, 0.3) is 10.2 Å². The number of hydrogen-bond donors (Lipinski definition) is 1. The summed E-state index contributed by atoms with van der Waals surface area (Å²) in [7, 11) is 0. The number of para-hydroxylation sites is 1. The molecule has 1 aliphatic rings. The monoisotopic (exact) mass is 355 g/mol. The van der Waals surface area contributed by atoms with E-state index in [9.17, 15) is 4.79 Å². The van der Waals surface area contributed by atoms with Crippen LogP contribution in [-0.4, -0.2) is 47.4 Å². The fourth-order valence-corrected chi connectivity index (χ4v) is 3.65. The molecule has 1 aromatic carbocycles. The van der Waals surface area contributed by atoms with E-state index in [1.807, 2.05) is 31.2 Å². The van der Waals surface area contributed by atoms with Crippen molar-refractivity contribution in [2.75, 3.05) is 36.5 Å².